The zero-order chi connectivity index (χ0) is 17.5. The third-order valence-electron chi connectivity index (χ3n) is 4.08. The highest BCUT2D eigenvalue weighted by Crippen LogP contribution is 2.30. The maximum atomic E-state index is 11.7. The number of carbonyl (C=O) groups is 1. The fraction of sp³-hybridized carbons (Fsp3) is 0.529. The Kier molecular flexibility index (Phi) is 8.81. The maximum Gasteiger partial charge on any atom is 0.241 e. The van der Waals surface area contributed by atoms with E-state index in [0.717, 1.165) is 30.9 Å². The van der Waals surface area contributed by atoms with Crippen molar-refractivity contribution < 1.29 is 9.53 Å². The molecule has 140 valence electrons. The van der Waals surface area contributed by atoms with Crippen molar-refractivity contribution in [3.05, 3.63) is 24.3 Å². The predicted molar refractivity (Wildman–Crippen MR) is 112 cm³/mol. The Morgan fingerprint density at radius 3 is 2.76 bits per heavy atom. The number of nitrogens with one attached hydrogen (secondary N) is 2. The average Bonchev–Trinajstić information content (AvgIpc) is 3.06. The van der Waals surface area contributed by atoms with Gasteiger partial charge in [-0.3, -0.25) is 9.79 Å². The summed E-state index contributed by atoms with van der Waals surface area (Å²) in [5, 5.41) is 6.44. The Hall–Kier alpha value is -1.71. The van der Waals surface area contributed by atoms with E-state index in [1.165, 1.54) is 0 Å². The lowest BCUT2D eigenvalue weighted by atomic mass is 10.2. The van der Waals surface area contributed by atoms with Gasteiger partial charge < -0.3 is 25.2 Å². The number of ether oxygens (including phenoxy) is 1. The Morgan fingerprint density at radius 2 is 2.12 bits per heavy atom. The van der Waals surface area contributed by atoms with Crippen molar-refractivity contribution in [2.75, 3.05) is 52.8 Å². The zero-order valence-electron chi connectivity index (χ0n) is 15.3. The molecule has 2 rings (SSSR count). The van der Waals surface area contributed by atoms with Crippen LogP contribution in [0, 0.1) is 0 Å². The molecule has 1 heterocycles. The van der Waals surface area contributed by atoms with Crippen LogP contribution in [0.2, 0.25) is 0 Å². The molecular formula is C17H28IN5O2. The summed E-state index contributed by atoms with van der Waals surface area (Å²) >= 11 is 0. The summed E-state index contributed by atoms with van der Waals surface area (Å²) in [6.07, 6.45) is 1.00. The first-order valence-electron chi connectivity index (χ1n) is 8.10. The second-order valence-corrected chi connectivity index (χ2v) is 5.96. The fourth-order valence-corrected chi connectivity index (χ4v) is 2.69. The van der Waals surface area contributed by atoms with E-state index in [2.05, 4.69) is 26.6 Å². The van der Waals surface area contributed by atoms with Crippen molar-refractivity contribution in [1.29, 1.82) is 0 Å². The van der Waals surface area contributed by atoms with Gasteiger partial charge in [0.2, 0.25) is 5.91 Å². The van der Waals surface area contributed by atoms with Crippen LogP contribution < -0.4 is 20.3 Å². The molecule has 1 unspecified atom stereocenters. The number of halogens is 1. The minimum atomic E-state index is 0. The number of rotatable bonds is 5. The molecule has 0 saturated carbocycles. The predicted octanol–water partition coefficient (Wildman–Crippen LogP) is 1.15. The Balaban J connectivity index is 0.00000312. The van der Waals surface area contributed by atoms with Crippen LogP contribution in [0.1, 0.15) is 6.42 Å². The Morgan fingerprint density at radius 1 is 1.40 bits per heavy atom. The number of amides is 1. The molecule has 7 nitrogen and oxygen atoms in total. The fourth-order valence-electron chi connectivity index (χ4n) is 2.69. The van der Waals surface area contributed by atoms with E-state index in [4.69, 9.17) is 4.74 Å². The Bertz CT molecular complexity index is 594. The molecule has 1 fully saturated rings. The molecule has 0 aromatic heterocycles. The van der Waals surface area contributed by atoms with E-state index >= 15 is 0 Å². The monoisotopic (exact) mass is 461 g/mol. The van der Waals surface area contributed by atoms with Gasteiger partial charge in [0, 0.05) is 40.3 Å². The lowest BCUT2D eigenvalue weighted by Crippen LogP contribution is -2.47. The Labute approximate surface area is 166 Å². The lowest BCUT2D eigenvalue weighted by Gasteiger charge is -2.22. The van der Waals surface area contributed by atoms with Crippen LogP contribution in [0.5, 0.6) is 5.75 Å². The summed E-state index contributed by atoms with van der Waals surface area (Å²) in [6, 6.07) is 8.32. The standard InChI is InChI=1S/C17H27N5O2.HI/c1-18-17(19-11-16(23)21(2)3)20-13-9-10-22(12-13)14-7-5-6-8-15(14)24-4;/h5-8,13H,9-12H2,1-4H3,(H2,18,19,20);1H. The molecule has 0 spiro atoms. The molecule has 1 amide bonds. The molecule has 1 aliphatic heterocycles. The molecule has 1 aliphatic rings. The number of para-hydroxylation sites is 2. The number of aliphatic imine (C=N–C) groups is 1. The number of benzene rings is 1. The number of nitrogens with zero attached hydrogens (tertiary/aromatic N) is 3. The zero-order valence-corrected chi connectivity index (χ0v) is 17.6. The van der Waals surface area contributed by atoms with Crippen molar-refractivity contribution in [2.24, 2.45) is 4.99 Å². The first-order chi connectivity index (χ1) is 11.5. The van der Waals surface area contributed by atoms with E-state index in [-0.39, 0.29) is 42.5 Å². The van der Waals surface area contributed by atoms with Gasteiger partial charge in [0.25, 0.3) is 0 Å². The number of likely N-dealkylation sites (N-methyl/N-ethyl adjacent to an activating group) is 1. The number of hydrogen-bond acceptors (Lipinski definition) is 4. The van der Waals surface area contributed by atoms with Gasteiger partial charge in [-0.25, -0.2) is 0 Å². The molecule has 0 bridgehead atoms. The van der Waals surface area contributed by atoms with E-state index in [1.807, 2.05) is 18.2 Å². The number of carbonyl (C=O) groups excluding carboxylic acids is 1. The van der Waals surface area contributed by atoms with Crippen LogP contribution in [0.25, 0.3) is 0 Å². The number of anilines is 1. The molecule has 1 saturated heterocycles. The van der Waals surface area contributed by atoms with E-state index < -0.39 is 0 Å². The molecule has 0 aliphatic carbocycles. The number of hydrogen-bond donors (Lipinski definition) is 2. The largest absolute Gasteiger partial charge is 0.495 e. The van der Waals surface area contributed by atoms with Gasteiger partial charge in [-0.2, -0.15) is 0 Å². The highest BCUT2D eigenvalue weighted by atomic mass is 127. The van der Waals surface area contributed by atoms with Crippen molar-refractivity contribution in [2.45, 2.75) is 12.5 Å². The third kappa shape index (κ3) is 5.94. The smallest absolute Gasteiger partial charge is 0.241 e. The first-order valence-corrected chi connectivity index (χ1v) is 8.10. The number of methoxy groups -OCH3 is 1. The summed E-state index contributed by atoms with van der Waals surface area (Å²) in [6.45, 7) is 2.05. The highest BCUT2D eigenvalue weighted by Gasteiger charge is 2.25. The van der Waals surface area contributed by atoms with E-state index in [0.29, 0.717) is 5.96 Å². The summed E-state index contributed by atoms with van der Waals surface area (Å²) in [5.74, 6) is 1.55. The first kappa shape index (κ1) is 21.3. The molecule has 25 heavy (non-hydrogen) atoms. The quantitative estimate of drug-likeness (QED) is 0.391. The van der Waals surface area contributed by atoms with E-state index in [1.54, 1.807) is 33.2 Å². The molecule has 2 N–H and O–H groups in total. The summed E-state index contributed by atoms with van der Waals surface area (Å²) < 4.78 is 5.44. The van der Waals surface area contributed by atoms with Gasteiger partial charge in [0.05, 0.1) is 19.3 Å². The summed E-state index contributed by atoms with van der Waals surface area (Å²) in [5.41, 5.74) is 1.11. The van der Waals surface area contributed by atoms with Crippen LogP contribution in [-0.4, -0.2) is 70.7 Å². The third-order valence-corrected chi connectivity index (χ3v) is 4.08. The van der Waals surface area contributed by atoms with Gasteiger partial charge in [-0.1, -0.05) is 12.1 Å². The normalized spacial score (nSPS) is 16.9. The highest BCUT2D eigenvalue weighted by molar-refractivity contribution is 14.0. The average molecular weight is 461 g/mol. The van der Waals surface area contributed by atoms with Crippen molar-refractivity contribution in [3.63, 3.8) is 0 Å². The minimum absolute atomic E-state index is 0. The molecule has 1 aromatic carbocycles. The summed E-state index contributed by atoms with van der Waals surface area (Å²) in [4.78, 5) is 19.7. The van der Waals surface area contributed by atoms with Gasteiger partial charge in [-0.15, -0.1) is 24.0 Å². The van der Waals surface area contributed by atoms with Crippen LogP contribution in [0.15, 0.2) is 29.3 Å². The lowest BCUT2D eigenvalue weighted by molar-refractivity contribution is -0.127. The topological polar surface area (TPSA) is 69.2 Å². The molecule has 1 aromatic rings. The minimum Gasteiger partial charge on any atom is -0.495 e. The second-order valence-electron chi connectivity index (χ2n) is 5.96. The van der Waals surface area contributed by atoms with E-state index in [9.17, 15) is 4.79 Å². The summed E-state index contributed by atoms with van der Waals surface area (Å²) in [7, 11) is 6.88. The van der Waals surface area contributed by atoms with Crippen LogP contribution in [-0.2, 0) is 4.79 Å². The van der Waals surface area contributed by atoms with Gasteiger partial charge in [-0.05, 0) is 18.6 Å². The van der Waals surface area contributed by atoms with Gasteiger partial charge in [0.1, 0.15) is 5.75 Å². The molecule has 1 atom stereocenters. The molecular weight excluding hydrogens is 433 g/mol. The molecule has 0 radical (unpaired) electrons. The SMILES string of the molecule is CN=C(NCC(=O)N(C)C)NC1CCN(c2ccccc2OC)C1.I. The van der Waals surface area contributed by atoms with Crippen molar-refractivity contribution in [3.8, 4) is 5.75 Å². The van der Waals surface area contributed by atoms with Crippen LogP contribution >= 0.6 is 24.0 Å². The van der Waals surface area contributed by atoms with Crippen LogP contribution in [0.3, 0.4) is 0 Å². The van der Waals surface area contributed by atoms with Crippen LogP contribution in [0.4, 0.5) is 5.69 Å². The maximum absolute atomic E-state index is 11.7. The number of guanidine groups is 1. The van der Waals surface area contributed by atoms with Crippen molar-refractivity contribution >= 4 is 41.5 Å². The van der Waals surface area contributed by atoms with Gasteiger partial charge in [0.15, 0.2) is 5.96 Å². The second kappa shape index (κ2) is 10.3. The van der Waals surface area contributed by atoms with Gasteiger partial charge >= 0.3 is 0 Å². The van der Waals surface area contributed by atoms with Crippen molar-refractivity contribution in [1.82, 2.24) is 15.5 Å². The molecule has 8 heteroatoms.